The predicted octanol–water partition coefficient (Wildman–Crippen LogP) is 3.68. The molecule has 3 heterocycles. The summed E-state index contributed by atoms with van der Waals surface area (Å²) in [4.78, 5) is 4.38. The Kier molecular flexibility index (Phi) is 2.28. The van der Waals surface area contributed by atoms with E-state index in [4.69, 9.17) is 0 Å². The van der Waals surface area contributed by atoms with E-state index < -0.39 is 0 Å². The first-order chi connectivity index (χ1) is 9.62. The number of hydrogen-bond donors (Lipinski definition) is 0. The standard InChI is InChI=1S/C17H17N3/c1-17(2)9-16-14(10-19-20(16)11-17)12-5-6-15-13(8-12)4-3-7-18-15/h3-8,10H,9,11H2,1-2H3. The molecule has 0 aliphatic carbocycles. The van der Waals surface area contributed by atoms with Crippen molar-refractivity contribution in [2.75, 3.05) is 0 Å². The number of rotatable bonds is 1. The van der Waals surface area contributed by atoms with Crippen LogP contribution in [0.1, 0.15) is 19.5 Å². The smallest absolute Gasteiger partial charge is 0.0702 e. The predicted molar refractivity (Wildman–Crippen MR) is 80.4 cm³/mol. The summed E-state index contributed by atoms with van der Waals surface area (Å²) in [5.41, 5.74) is 5.22. The summed E-state index contributed by atoms with van der Waals surface area (Å²) in [6.07, 6.45) is 4.93. The van der Waals surface area contributed by atoms with Gasteiger partial charge in [-0.1, -0.05) is 26.0 Å². The van der Waals surface area contributed by atoms with Gasteiger partial charge in [-0.3, -0.25) is 9.67 Å². The normalized spacial score (nSPS) is 16.5. The second kappa shape index (κ2) is 3.92. The summed E-state index contributed by atoms with van der Waals surface area (Å²) in [6.45, 7) is 5.61. The molecule has 0 fully saturated rings. The highest BCUT2D eigenvalue weighted by Gasteiger charge is 2.31. The minimum atomic E-state index is 0.316. The van der Waals surface area contributed by atoms with Crippen LogP contribution in [0.2, 0.25) is 0 Å². The van der Waals surface area contributed by atoms with E-state index in [2.05, 4.69) is 52.9 Å². The van der Waals surface area contributed by atoms with Crippen LogP contribution in [0.4, 0.5) is 0 Å². The lowest BCUT2D eigenvalue weighted by Crippen LogP contribution is -2.12. The molecule has 0 saturated carbocycles. The average molecular weight is 263 g/mol. The molecule has 3 heteroatoms. The van der Waals surface area contributed by atoms with Gasteiger partial charge in [0.1, 0.15) is 0 Å². The number of benzene rings is 1. The fourth-order valence-electron chi connectivity index (χ4n) is 3.13. The van der Waals surface area contributed by atoms with Gasteiger partial charge in [-0.05, 0) is 35.6 Å². The lowest BCUT2D eigenvalue weighted by Gasteiger charge is -2.14. The fourth-order valence-corrected chi connectivity index (χ4v) is 3.13. The van der Waals surface area contributed by atoms with E-state index in [0.29, 0.717) is 5.41 Å². The Morgan fingerprint density at radius 3 is 3.00 bits per heavy atom. The Morgan fingerprint density at radius 1 is 1.20 bits per heavy atom. The minimum absolute atomic E-state index is 0.316. The van der Waals surface area contributed by atoms with E-state index >= 15 is 0 Å². The SMILES string of the molecule is CC1(C)Cc2c(-c3ccc4ncccc4c3)cnn2C1. The van der Waals surface area contributed by atoms with Crippen molar-refractivity contribution in [2.24, 2.45) is 5.41 Å². The first kappa shape index (κ1) is 11.6. The molecule has 100 valence electrons. The van der Waals surface area contributed by atoms with Crippen molar-refractivity contribution in [3.8, 4) is 11.1 Å². The summed E-state index contributed by atoms with van der Waals surface area (Å²) >= 11 is 0. The average Bonchev–Trinajstić information content (AvgIpc) is 2.93. The molecule has 0 atom stereocenters. The molecule has 2 aromatic heterocycles. The van der Waals surface area contributed by atoms with Gasteiger partial charge in [0, 0.05) is 29.4 Å². The molecule has 0 radical (unpaired) electrons. The molecule has 0 N–H and O–H groups in total. The van der Waals surface area contributed by atoms with Gasteiger partial charge in [0.15, 0.2) is 0 Å². The number of nitrogens with zero attached hydrogens (tertiary/aromatic N) is 3. The molecule has 1 aliphatic rings. The molecule has 4 rings (SSSR count). The Bertz CT molecular complexity index is 799. The van der Waals surface area contributed by atoms with E-state index in [-0.39, 0.29) is 0 Å². The number of fused-ring (bicyclic) bond motifs is 2. The molecule has 1 aliphatic heterocycles. The van der Waals surface area contributed by atoms with Crippen LogP contribution in [0, 0.1) is 5.41 Å². The van der Waals surface area contributed by atoms with Crippen LogP contribution in [0.25, 0.3) is 22.0 Å². The maximum atomic E-state index is 4.55. The Morgan fingerprint density at radius 2 is 2.10 bits per heavy atom. The van der Waals surface area contributed by atoms with Gasteiger partial charge in [0.25, 0.3) is 0 Å². The van der Waals surface area contributed by atoms with E-state index in [1.165, 1.54) is 22.2 Å². The zero-order valence-electron chi connectivity index (χ0n) is 11.8. The minimum Gasteiger partial charge on any atom is -0.268 e. The molecule has 1 aromatic carbocycles. The number of pyridine rings is 1. The second-order valence-corrected chi connectivity index (χ2v) is 6.41. The quantitative estimate of drug-likeness (QED) is 0.670. The van der Waals surface area contributed by atoms with Crippen LogP contribution in [-0.4, -0.2) is 14.8 Å². The fraction of sp³-hybridized carbons (Fsp3) is 0.294. The van der Waals surface area contributed by atoms with E-state index in [9.17, 15) is 0 Å². The number of hydrogen-bond acceptors (Lipinski definition) is 2. The van der Waals surface area contributed by atoms with Gasteiger partial charge in [-0.25, -0.2) is 0 Å². The van der Waals surface area contributed by atoms with Crippen LogP contribution < -0.4 is 0 Å². The molecule has 0 bridgehead atoms. The van der Waals surface area contributed by atoms with Crippen LogP contribution in [0.3, 0.4) is 0 Å². The second-order valence-electron chi connectivity index (χ2n) is 6.41. The highest BCUT2D eigenvalue weighted by Crippen LogP contribution is 2.37. The molecule has 20 heavy (non-hydrogen) atoms. The molecule has 0 amide bonds. The van der Waals surface area contributed by atoms with Gasteiger partial charge < -0.3 is 0 Å². The van der Waals surface area contributed by atoms with Crippen LogP contribution >= 0.6 is 0 Å². The molecule has 0 spiro atoms. The van der Waals surface area contributed by atoms with E-state index in [1.807, 2.05) is 18.5 Å². The summed E-state index contributed by atoms with van der Waals surface area (Å²) < 4.78 is 2.16. The van der Waals surface area contributed by atoms with E-state index in [1.54, 1.807) is 0 Å². The Balaban J connectivity index is 1.85. The summed E-state index contributed by atoms with van der Waals surface area (Å²) in [7, 11) is 0. The van der Waals surface area contributed by atoms with Crippen LogP contribution in [0.5, 0.6) is 0 Å². The topological polar surface area (TPSA) is 30.7 Å². The third-order valence-electron chi connectivity index (χ3n) is 4.09. The van der Waals surface area contributed by atoms with Crippen molar-refractivity contribution in [3.63, 3.8) is 0 Å². The lowest BCUT2D eigenvalue weighted by atomic mass is 9.89. The van der Waals surface area contributed by atoms with Gasteiger partial charge in [0.2, 0.25) is 0 Å². The highest BCUT2D eigenvalue weighted by molar-refractivity contribution is 5.84. The first-order valence-electron chi connectivity index (χ1n) is 7.02. The summed E-state index contributed by atoms with van der Waals surface area (Å²) in [5.74, 6) is 0. The van der Waals surface area contributed by atoms with Crippen LogP contribution in [0.15, 0.2) is 42.7 Å². The van der Waals surface area contributed by atoms with Gasteiger partial charge in [0.05, 0.1) is 11.7 Å². The zero-order chi connectivity index (χ0) is 13.7. The monoisotopic (exact) mass is 263 g/mol. The maximum Gasteiger partial charge on any atom is 0.0702 e. The lowest BCUT2D eigenvalue weighted by molar-refractivity contribution is 0.347. The van der Waals surface area contributed by atoms with Crippen molar-refractivity contribution in [3.05, 3.63) is 48.4 Å². The van der Waals surface area contributed by atoms with E-state index in [0.717, 1.165) is 18.5 Å². The molecule has 0 saturated heterocycles. The highest BCUT2D eigenvalue weighted by atomic mass is 15.3. The summed E-state index contributed by atoms with van der Waals surface area (Å²) in [6, 6.07) is 10.6. The van der Waals surface area contributed by atoms with Crippen molar-refractivity contribution in [2.45, 2.75) is 26.8 Å². The number of aromatic nitrogens is 3. The zero-order valence-corrected chi connectivity index (χ0v) is 11.8. The van der Waals surface area contributed by atoms with Crippen LogP contribution in [-0.2, 0) is 13.0 Å². The molecule has 3 nitrogen and oxygen atoms in total. The maximum absolute atomic E-state index is 4.55. The Hall–Kier alpha value is -2.16. The third-order valence-corrected chi connectivity index (χ3v) is 4.09. The van der Waals surface area contributed by atoms with Gasteiger partial charge in [-0.15, -0.1) is 0 Å². The first-order valence-corrected chi connectivity index (χ1v) is 7.02. The largest absolute Gasteiger partial charge is 0.268 e. The molecule has 3 aromatic rings. The molecular weight excluding hydrogens is 246 g/mol. The Labute approximate surface area is 118 Å². The van der Waals surface area contributed by atoms with Crippen molar-refractivity contribution >= 4 is 10.9 Å². The molecular formula is C17H17N3. The van der Waals surface area contributed by atoms with Crippen molar-refractivity contribution in [1.82, 2.24) is 14.8 Å². The molecule has 0 unspecified atom stereocenters. The van der Waals surface area contributed by atoms with Gasteiger partial charge >= 0.3 is 0 Å². The summed E-state index contributed by atoms with van der Waals surface area (Å²) in [5, 5.41) is 5.73. The van der Waals surface area contributed by atoms with Crippen molar-refractivity contribution in [1.29, 1.82) is 0 Å². The third kappa shape index (κ3) is 1.73. The van der Waals surface area contributed by atoms with Gasteiger partial charge in [-0.2, -0.15) is 5.10 Å². The van der Waals surface area contributed by atoms with Crippen molar-refractivity contribution < 1.29 is 0 Å².